The second kappa shape index (κ2) is 7.78. The van der Waals surface area contributed by atoms with Gasteiger partial charge in [0.05, 0.1) is 11.9 Å². The number of hydrogen-bond acceptors (Lipinski definition) is 4. The van der Waals surface area contributed by atoms with E-state index in [4.69, 9.17) is 5.73 Å². The topological polar surface area (TPSA) is 79.5 Å². The molecule has 1 fully saturated rings. The summed E-state index contributed by atoms with van der Waals surface area (Å²) in [4.78, 5) is 33.0. The van der Waals surface area contributed by atoms with Gasteiger partial charge in [0.1, 0.15) is 6.04 Å². The summed E-state index contributed by atoms with van der Waals surface area (Å²) < 4.78 is 0. The number of nitrogens with two attached hydrogens (primary N) is 1. The fourth-order valence-corrected chi connectivity index (χ4v) is 3.46. The van der Waals surface area contributed by atoms with Crippen molar-refractivity contribution in [1.82, 2.24) is 14.8 Å². The van der Waals surface area contributed by atoms with Crippen molar-refractivity contribution in [2.75, 3.05) is 25.4 Å². The Labute approximate surface area is 160 Å². The third-order valence-electron chi connectivity index (χ3n) is 4.89. The van der Waals surface area contributed by atoms with E-state index < -0.39 is 6.04 Å². The van der Waals surface area contributed by atoms with Gasteiger partial charge in [-0.05, 0) is 36.6 Å². The molecule has 2 heterocycles. The van der Waals surface area contributed by atoms with Crippen molar-refractivity contribution in [3.8, 4) is 11.1 Å². The molecule has 1 unspecified atom stereocenters. The number of carbonyl (C=O) groups excluding carboxylic acids is 2. The number of nitrogens with zero attached hydrogens (tertiary/aromatic N) is 3. The maximum Gasteiger partial charge on any atom is 0.254 e. The molecule has 1 aliphatic heterocycles. The van der Waals surface area contributed by atoms with E-state index in [-0.39, 0.29) is 11.8 Å². The summed E-state index contributed by atoms with van der Waals surface area (Å²) in [5, 5.41) is 0. The molecule has 1 aromatic carbocycles. The van der Waals surface area contributed by atoms with Crippen molar-refractivity contribution in [2.24, 2.45) is 5.92 Å². The highest BCUT2D eigenvalue weighted by Gasteiger charge is 2.34. The average molecular weight is 366 g/mol. The molecule has 6 nitrogen and oxygen atoms in total. The highest BCUT2D eigenvalue weighted by molar-refractivity contribution is 5.98. The second-order valence-corrected chi connectivity index (χ2v) is 7.39. The van der Waals surface area contributed by atoms with Crippen LogP contribution in [-0.2, 0) is 4.79 Å². The van der Waals surface area contributed by atoms with Crippen LogP contribution in [0.3, 0.4) is 0 Å². The Kier molecular flexibility index (Phi) is 5.44. The first-order valence-electron chi connectivity index (χ1n) is 9.28. The van der Waals surface area contributed by atoms with E-state index in [1.165, 1.54) is 0 Å². The molecule has 3 rings (SSSR count). The van der Waals surface area contributed by atoms with E-state index in [0.29, 0.717) is 30.3 Å². The predicted molar refractivity (Wildman–Crippen MR) is 106 cm³/mol. The average Bonchev–Trinajstić information content (AvgIpc) is 2.65. The minimum Gasteiger partial charge on any atom is -0.397 e. The SMILES string of the molecule is CC(C)CN1CCN(C(=O)c2ccc(-c3ccncc3N)cc2)C(C)C1=O. The number of nitrogen functional groups attached to an aromatic ring is 1. The van der Waals surface area contributed by atoms with Gasteiger partial charge in [-0.15, -0.1) is 0 Å². The minimum atomic E-state index is -0.444. The quantitative estimate of drug-likeness (QED) is 0.902. The molecule has 2 amide bonds. The third kappa shape index (κ3) is 3.94. The van der Waals surface area contributed by atoms with Crippen LogP contribution in [0.15, 0.2) is 42.7 Å². The summed E-state index contributed by atoms with van der Waals surface area (Å²) in [6.45, 7) is 7.85. The molecule has 0 radical (unpaired) electrons. The van der Waals surface area contributed by atoms with Crippen molar-refractivity contribution in [1.29, 1.82) is 0 Å². The van der Waals surface area contributed by atoms with Crippen LogP contribution in [0.5, 0.6) is 0 Å². The summed E-state index contributed by atoms with van der Waals surface area (Å²) in [6, 6.07) is 8.73. The van der Waals surface area contributed by atoms with Crippen LogP contribution >= 0.6 is 0 Å². The van der Waals surface area contributed by atoms with Gasteiger partial charge >= 0.3 is 0 Å². The fourth-order valence-electron chi connectivity index (χ4n) is 3.46. The highest BCUT2D eigenvalue weighted by Crippen LogP contribution is 2.25. The van der Waals surface area contributed by atoms with Gasteiger partial charge in [0.25, 0.3) is 5.91 Å². The van der Waals surface area contributed by atoms with Crippen molar-refractivity contribution in [3.63, 3.8) is 0 Å². The molecular formula is C21H26N4O2. The molecule has 6 heteroatoms. The van der Waals surface area contributed by atoms with E-state index in [0.717, 1.165) is 17.7 Å². The van der Waals surface area contributed by atoms with E-state index in [2.05, 4.69) is 18.8 Å². The lowest BCUT2D eigenvalue weighted by atomic mass is 10.0. The maximum atomic E-state index is 12.9. The smallest absolute Gasteiger partial charge is 0.254 e. The normalized spacial score (nSPS) is 17.5. The molecule has 1 aromatic heterocycles. The van der Waals surface area contributed by atoms with Crippen molar-refractivity contribution in [2.45, 2.75) is 26.8 Å². The fraction of sp³-hybridized carbons (Fsp3) is 0.381. The zero-order valence-corrected chi connectivity index (χ0v) is 16.1. The van der Waals surface area contributed by atoms with Crippen LogP contribution in [0.4, 0.5) is 5.69 Å². The third-order valence-corrected chi connectivity index (χ3v) is 4.89. The van der Waals surface area contributed by atoms with Gasteiger partial charge in [0.15, 0.2) is 0 Å². The lowest BCUT2D eigenvalue weighted by Crippen LogP contribution is -2.58. The van der Waals surface area contributed by atoms with E-state index in [1.54, 1.807) is 36.4 Å². The Balaban J connectivity index is 1.75. The van der Waals surface area contributed by atoms with E-state index in [9.17, 15) is 9.59 Å². The molecule has 142 valence electrons. The number of benzene rings is 1. The molecule has 2 N–H and O–H groups in total. The predicted octanol–water partition coefficient (Wildman–Crippen LogP) is 2.66. The molecule has 27 heavy (non-hydrogen) atoms. The molecule has 1 aliphatic rings. The summed E-state index contributed by atoms with van der Waals surface area (Å²) >= 11 is 0. The second-order valence-electron chi connectivity index (χ2n) is 7.39. The number of piperazine rings is 1. The van der Waals surface area contributed by atoms with Gasteiger partial charge < -0.3 is 15.5 Å². The first-order valence-corrected chi connectivity index (χ1v) is 9.28. The Bertz CT molecular complexity index is 832. The Morgan fingerprint density at radius 2 is 1.93 bits per heavy atom. The lowest BCUT2D eigenvalue weighted by molar-refractivity contribution is -0.140. The van der Waals surface area contributed by atoms with Crippen LogP contribution in [0, 0.1) is 5.92 Å². The Morgan fingerprint density at radius 1 is 1.22 bits per heavy atom. The maximum absolute atomic E-state index is 12.9. The number of hydrogen-bond donors (Lipinski definition) is 1. The van der Waals surface area contributed by atoms with Gasteiger partial charge in [-0.2, -0.15) is 0 Å². The van der Waals surface area contributed by atoms with Gasteiger partial charge in [0.2, 0.25) is 5.91 Å². The Hall–Kier alpha value is -2.89. The van der Waals surface area contributed by atoms with E-state index in [1.807, 2.05) is 23.1 Å². The molecule has 0 spiro atoms. The van der Waals surface area contributed by atoms with Crippen molar-refractivity contribution < 1.29 is 9.59 Å². The molecule has 0 bridgehead atoms. The monoisotopic (exact) mass is 366 g/mol. The molecule has 2 aromatic rings. The number of carbonyl (C=O) groups is 2. The molecule has 0 aliphatic carbocycles. The van der Waals surface area contributed by atoms with Crippen LogP contribution in [-0.4, -0.2) is 52.3 Å². The van der Waals surface area contributed by atoms with Crippen molar-refractivity contribution in [3.05, 3.63) is 48.3 Å². The summed E-state index contributed by atoms with van der Waals surface area (Å²) in [5.74, 6) is 0.315. The number of aromatic nitrogens is 1. The summed E-state index contributed by atoms with van der Waals surface area (Å²) in [7, 11) is 0. The summed E-state index contributed by atoms with van der Waals surface area (Å²) in [6.07, 6.45) is 3.30. The van der Waals surface area contributed by atoms with Gasteiger partial charge in [-0.3, -0.25) is 14.6 Å². The van der Waals surface area contributed by atoms with Crippen LogP contribution in [0.25, 0.3) is 11.1 Å². The lowest BCUT2D eigenvalue weighted by Gasteiger charge is -2.39. The molecular weight excluding hydrogens is 340 g/mol. The number of rotatable bonds is 4. The van der Waals surface area contributed by atoms with Gasteiger partial charge in [-0.25, -0.2) is 0 Å². The van der Waals surface area contributed by atoms with Crippen LogP contribution < -0.4 is 5.73 Å². The zero-order chi connectivity index (χ0) is 19.6. The van der Waals surface area contributed by atoms with Crippen LogP contribution in [0.2, 0.25) is 0 Å². The zero-order valence-electron chi connectivity index (χ0n) is 16.1. The van der Waals surface area contributed by atoms with Gasteiger partial charge in [-0.1, -0.05) is 26.0 Å². The first-order chi connectivity index (χ1) is 12.9. The van der Waals surface area contributed by atoms with Crippen molar-refractivity contribution >= 4 is 17.5 Å². The standard InChI is InChI=1S/C21H26N4O2/c1-14(2)13-24-10-11-25(15(3)20(24)26)21(27)17-6-4-16(5-7-17)18-8-9-23-12-19(18)22/h4-9,12,14-15H,10-11,13,22H2,1-3H3. The van der Waals surface area contributed by atoms with Gasteiger partial charge in [0, 0.05) is 37.0 Å². The number of anilines is 1. The van der Waals surface area contributed by atoms with Crippen LogP contribution in [0.1, 0.15) is 31.1 Å². The molecule has 1 atom stereocenters. The number of amides is 2. The molecule has 1 saturated heterocycles. The summed E-state index contributed by atoms with van der Waals surface area (Å²) in [5.41, 5.74) is 8.95. The number of pyridine rings is 1. The Morgan fingerprint density at radius 3 is 2.56 bits per heavy atom. The minimum absolute atomic E-state index is 0.0180. The highest BCUT2D eigenvalue weighted by atomic mass is 16.2. The van der Waals surface area contributed by atoms with E-state index >= 15 is 0 Å². The first kappa shape index (κ1) is 18.9. The molecule has 0 saturated carbocycles. The largest absolute Gasteiger partial charge is 0.397 e.